The fourth-order valence-electron chi connectivity index (χ4n) is 2.71. The molecule has 0 saturated carbocycles. The Morgan fingerprint density at radius 2 is 2.14 bits per heavy atom. The summed E-state index contributed by atoms with van der Waals surface area (Å²) in [6.07, 6.45) is 2.82. The molecule has 0 aliphatic carbocycles. The van der Waals surface area contributed by atoms with Crippen LogP contribution in [0.2, 0.25) is 0 Å². The summed E-state index contributed by atoms with van der Waals surface area (Å²) in [6, 6.07) is -0.547. The van der Waals surface area contributed by atoms with E-state index in [9.17, 15) is 14.7 Å². The minimum atomic E-state index is -0.833. The van der Waals surface area contributed by atoms with E-state index in [1.54, 1.807) is 4.90 Å². The molecule has 1 aliphatic heterocycles. The summed E-state index contributed by atoms with van der Waals surface area (Å²) in [6.45, 7) is 7.90. The van der Waals surface area contributed by atoms with Gasteiger partial charge in [-0.05, 0) is 45.6 Å². The second kappa shape index (κ2) is 9.00. The molecule has 1 fully saturated rings. The second-order valence-corrected chi connectivity index (χ2v) is 6.00. The van der Waals surface area contributed by atoms with Crippen LogP contribution < -0.4 is 5.32 Å². The number of carbonyl (C=O) groups is 2. The fourth-order valence-corrected chi connectivity index (χ4v) is 2.71. The van der Waals surface area contributed by atoms with E-state index in [1.165, 1.54) is 0 Å². The van der Waals surface area contributed by atoms with Crippen molar-refractivity contribution >= 4 is 11.9 Å². The molecule has 1 aliphatic rings. The van der Waals surface area contributed by atoms with Gasteiger partial charge in [0.15, 0.2) is 0 Å². The summed E-state index contributed by atoms with van der Waals surface area (Å²) >= 11 is 0. The van der Waals surface area contributed by atoms with Crippen LogP contribution in [0, 0.1) is 5.92 Å². The zero-order valence-corrected chi connectivity index (χ0v) is 13.3. The van der Waals surface area contributed by atoms with Crippen LogP contribution in [0.25, 0.3) is 0 Å². The molecule has 0 bridgehead atoms. The number of ether oxygens (including phenoxy) is 1. The number of aliphatic carboxylic acids is 1. The number of carboxylic acids is 1. The van der Waals surface area contributed by atoms with Crippen molar-refractivity contribution in [2.75, 3.05) is 26.2 Å². The molecule has 0 aromatic carbocycles. The minimum absolute atomic E-state index is 0.0866. The van der Waals surface area contributed by atoms with Crippen molar-refractivity contribution in [2.24, 2.45) is 5.92 Å². The standard InChI is InChI=1S/C15H28N2O4/c1-11(2)21-9-5-7-16-13(18)10-17-8-4-6-12(3)14(17)15(19)20/h11-12,14H,4-10H2,1-3H3,(H,16,18)(H,19,20). The molecular weight excluding hydrogens is 272 g/mol. The van der Waals surface area contributed by atoms with E-state index in [4.69, 9.17) is 4.74 Å². The lowest BCUT2D eigenvalue weighted by molar-refractivity contribution is -0.147. The van der Waals surface area contributed by atoms with E-state index < -0.39 is 12.0 Å². The van der Waals surface area contributed by atoms with Gasteiger partial charge in [0.1, 0.15) is 6.04 Å². The van der Waals surface area contributed by atoms with E-state index in [0.717, 1.165) is 19.3 Å². The lowest BCUT2D eigenvalue weighted by Gasteiger charge is -2.36. The van der Waals surface area contributed by atoms with E-state index in [0.29, 0.717) is 19.7 Å². The third-order valence-corrected chi connectivity index (χ3v) is 3.73. The van der Waals surface area contributed by atoms with Crippen LogP contribution in [0.15, 0.2) is 0 Å². The third-order valence-electron chi connectivity index (χ3n) is 3.73. The summed E-state index contributed by atoms with van der Waals surface area (Å²) in [5.41, 5.74) is 0. The van der Waals surface area contributed by atoms with E-state index in [1.807, 2.05) is 20.8 Å². The molecule has 122 valence electrons. The minimum Gasteiger partial charge on any atom is -0.480 e. The normalized spacial score (nSPS) is 23.2. The topological polar surface area (TPSA) is 78.9 Å². The van der Waals surface area contributed by atoms with Crippen LogP contribution in [-0.4, -0.2) is 60.3 Å². The molecule has 21 heavy (non-hydrogen) atoms. The molecule has 2 unspecified atom stereocenters. The Kier molecular flexibility index (Phi) is 7.67. The SMILES string of the molecule is CC(C)OCCCNC(=O)CN1CCCC(C)C1C(=O)O. The highest BCUT2D eigenvalue weighted by Crippen LogP contribution is 2.23. The Morgan fingerprint density at radius 1 is 1.43 bits per heavy atom. The average molecular weight is 300 g/mol. The number of carboxylic acid groups (broad SMARTS) is 1. The van der Waals surface area contributed by atoms with Crippen LogP contribution in [0.3, 0.4) is 0 Å². The zero-order chi connectivity index (χ0) is 15.8. The first-order valence-corrected chi connectivity index (χ1v) is 7.77. The number of likely N-dealkylation sites (tertiary alicyclic amines) is 1. The van der Waals surface area contributed by atoms with E-state index >= 15 is 0 Å². The van der Waals surface area contributed by atoms with Gasteiger partial charge in [-0.2, -0.15) is 0 Å². The second-order valence-electron chi connectivity index (χ2n) is 6.00. The van der Waals surface area contributed by atoms with Crippen molar-refractivity contribution in [1.82, 2.24) is 10.2 Å². The van der Waals surface area contributed by atoms with Gasteiger partial charge in [-0.3, -0.25) is 14.5 Å². The number of hydrogen-bond acceptors (Lipinski definition) is 4. The maximum absolute atomic E-state index is 11.9. The molecule has 2 atom stereocenters. The summed E-state index contributed by atoms with van der Waals surface area (Å²) in [4.78, 5) is 25.0. The molecule has 0 aromatic heterocycles. The van der Waals surface area contributed by atoms with Crippen molar-refractivity contribution in [3.63, 3.8) is 0 Å². The highest BCUT2D eigenvalue weighted by atomic mass is 16.5. The zero-order valence-electron chi connectivity index (χ0n) is 13.3. The molecular formula is C15H28N2O4. The maximum atomic E-state index is 11.9. The highest BCUT2D eigenvalue weighted by molar-refractivity contribution is 5.80. The molecule has 1 heterocycles. The largest absolute Gasteiger partial charge is 0.480 e. The first-order valence-electron chi connectivity index (χ1n) is 7.77. The summed E-state index contributed by atoms with van der Waals surface area (Å²) in [5.74, 6) is -0.858. The number of nitrogens with one attached hydrogen (secondary N) is 1. The molecule has 0 aromatic rings. The smallest absolute Gasteiger partial charge is 0.321 e. The van der Waals surface area contributed by atoms with Gasteiger partial charge in [0.05, 0.1) is 12.6 Å². The molecule has 2 N–H and O–H groups in total. The average Bonchev–Trinajstić information content (AvgIpc) is 2.37. The lowest BCUT2D eigenvalue weighted by atomic mass is 9.91. The van der Waals surface area contributed by atoms with Crippen molar-refractivity contribution in [1.29, 1.82) is 0 Å². The van der Waals surface area contributed by atoms with Crippen LogP contribution in [0.4, 0.5) is 0 Å². The summed E-state index contributed by atoms with van der Waals surface area (Å²) < 4.78 is 5.40. The monoisotopic (exact) mass is 300 g/mol. The number of nitrogens with zero attached hydrogens (tertiary/aromatic N) is 1. The van der Waals surface area contributed by atoms with Gasteiger partial charge in [-0.1, -0.05) is 6.92 Å². The van der Waals surface area contributed by atoms with Gasteiger partial charge in [-0.15, -0.1) is 0 Å². The first-order chi connectivity index (χ1) is 9.91. The Labute approximate surface area is 126 Å². The van der Waals surface area contributed by atoms with Gasteiger partial charge in [-0.25, -0.2) is 0 Å². The summed E-state index contributed by atoms with van der Waals surface area (Å²) in [7, 11) is 0. The van der Waals surface area contributed by atoms with Crippen LogP contribution in [0.5, 0.6) is 0 Å². The van der Waals surface area contributed by atoms with Crippen LogP contribution >= 0.6 is 0 Å². The Bertz CT molecular complexity index is 347. The molecule has 0 radical (unpaired) electrons. The molecule has 0 spiro atoms. The molecule has 1 saturated heterocycles. The van der Waals surface area contributed by atoms with Crippen LogP contribution in [-0.2, 0) is 14.3 Å². The predicted molar refractivity (Wildman–Crippen MR) is 80.1 cm³/mol. The molecule has 6 heteroatoms. The van der Waals surface area contributed by atoms with Crippen molar-refractivity contribution < 1.29 is 19.4 Å². The van der Waals surface area contributed by atoms with Crippen LogP contribution in [0.1, 0.15) is 40.0 Å². The lowest BCUT2D eigenvalue weighted by Crippen LogP contribution is -2.52. The molecule has 1 rings (SSSR count). The van der Waals surface area contributed by atoms with Gasteiger partial charge >= 0.3 is 5.97 Å². The quantitative estimate of drug-likeness (QED) is 0.656. The number of piperidine rings is 1. The first kappa shape index (κ1) is 17.9. The van der Waals surface area contributed by atoms with Crippen molar-refractivity contribution in [2.45, 2.75) is 52.2 Å². The van der Waals surface area contributed by atoms with E-state index in [-0.39, 0.29) is 24.5 Å². The third kappa shape index (κ3) is 6.44. The number of carbonyl (C=O) groups excluding carboxylic acids is 1. The van der Waals surface area contributed by atoms with Gasteiger partial charge in [0.2, 0.25) is 5.91 Å². The molecule has 6 nitrogen and oxygen atoms in total. The Morgan fingerprint density at radius 3 is 2.76 bits per heavy atom. The van der Waals surface area contributed by atoms with E-state index in [2.05, 4.69) is 5.32 Å². The van der Waals surface area contributed by atoms with Gasteiger partial charge < -0.3 is 15.2 Å². The number of rotatable bonds is 8. The number of amides is 1. The fraction of sp³-hybridized carbons (Fsp3) is 0.867. The Balaban J connectivity index is 2.30. The van der Waals surface area contributed by atoms with Gasteiger partial charge in [0.25, 0.3) is 0 Å². The maximum Gasteiger partial charge on any atom is 0.321 e. The van der Waals surface area contributed by atoms with Gasteiger partial charge in [0, 0.05) is 13.2 Å². The predicted octanol–water partition coefficient (Wildman–Crippen LogP) is 1.10. The molecule has 1 amide bonds. The van der Waals surface area contributed by atoms with Crippen molar-refractivity contribution in [3.8, 4) is 0 Å². The number of hydrogen-bond donors (Lipinski definition) is 2. The Hall–Kier alpha value is -1.14. The highest BCUT2D eigenvalue weighted by Gasteiger charge is 2.34. The van der Waals surface area contributed by atoms with Crippen molar-refractivity contribution in [3.05, 3.63) is 0 Å². The summed E-state index contributed by atoms with van der Waals surface area (Å²) in [5, 5.41) is 12.1.